The molecule has 0 amide bonds. The molecule has 0 aliphatic rings. The maximum Gasteiger partial charge on any atom is 0.253 e. The van der Waals surface area contributed by atoms with E-state index in [1.807, 2.05) is 43.4 Å². The molecule has 3 aromatic rings. The highest BCUT2D eigenvalue weighted by Gasteiger charge is 2.15. The van der Waals surface area contributed by atoms with Gasteiger partial charge in [0.25, 0.3) is 5.78 Å². The van der Waals surface area contributed by atoms with Crippen LogP contribution in [0.1, 0.15) is 23.0 Å². The molecule has 0 saturated carbocycles. The smallest absolute Gasteiger partial charge is 0.253 e. The number of halogens is 1. The fourth-order valence-electron chi connectivity index (χ4n) is 2.22. The first-order valence-corrected chi connectivity index (χ1v) is 7.71. The van der Waals surface area contributed by atoms with E-state index in [2.05, 4.69) is 15.1 Å². The summed E-state index contributed by atoms with van der Waals surface area (Å²) in [4.78, 5) is 22.5. The summed E-state index contributed by atoms with van der Waals surface area (Å²) in [5.74, 6) is 0.883. The molecule has 0 bridgehead atoms. The van der Waals surface area contributed by atoms with Crippen molar-refractivity contribution in [3.63, 3.8) is 0 Å². The van der Waals surface area contributed by atoms with Crippen LogP contribution in [-0.4, -0.2) is 44.4 Å². The van der Waals surface area contributed by atoms with Gasteiger partial charge in [-0.1, -0.05) is 11.6 Å². The molecule has 0 saturated heterocycles. The van der Waals surface area contributed by atoms with Crippen molar-refractivity contribution in [3.05, 3.63) is 52.9 Å². The lowest BCUT2D eigenvalue weighted by Crippen LogP contribution is -2.07. The van der Waals surface area contributed by atoms with Gasteiger partial charge in [0.2, 0.25) is 0 Å². The van der Waals surface area contributed by atoms with E-state index in [0.29, 0.717) is 27.9 Å². The van der Waals surface area contributed by atoms with E-state index in [-0.39, 0.29) is 5.78 Å². The Bertz CT molecular complexity index is 928. The molecule has 6 nitrogen and oxygen atoms in total. The lowest BCUT2D eigenvalue weighted by molar-refractivity contribution is 0.101. The third-order valence-corrected chi connectivity index (χ3v) is 3.67. The molecule has 2 heterocycles. The number of hydrogen-bond donors (Lipinski definition) is 0. The maximum atomic E-state index is 11.9. The van der Waals surface area contributed by atoms with Crippen LogP contribution in [0.4, 0.5) is 0 Å². The van der Waals surface area contributed by atoms with Gasteiger partial charge in [-0.05, 0) is 37.3 Å². The Labute approximate surface area is 144 Å². The zero-order valence-electron chi connectivity index (χ0n) is 13.6. The molecule has 2 aromatic heterocycles. The summed E-state index contributed by atoms with van der Waals surface area (Å²) in [5, 5.41) is 5.16. The van der Waals surface area contributed by atoms with Crippen LogP contribution < -0.4 is 0 Å². The first kappa shape index (κ1) is 16.1. The van der Waals surface area contributed by atoms with Crippen molar-refractivity contribution in [2.75, 3.05) is 14.1 Å². The molecule has 24 heavy (non-hydrogen) atoms. The number of fused-ring (bicyclic) bond motifs is 1. The van der Waals surface area contributed by atoms with Gasteiger partial charge < -0.3 is 4.90 Å². The SMILES string of the molecule is CC(=O)c1cnc2nc(-c3ccc(Cl)cc3)nn2c1C=CN(C)C. The number of Topliss-reactive ketones (excluding diaryl/α,β-unsaturated/α-hetero) is 1. The number of carbonyl (C=O) groups is 1. The second-order valence-electron chi connectivity index (χ2n) is 5.55. The van der Waals surface area contributed by atoms with Crippen molar-refractivity contribution < 1.29 is 4.79 Å². The molecule has 0 unspecified atom stereocenters. The van der Waals surface area contributed by atoms with E-state index in [4.69, 9.17) is 11.6 Å². The van der Waals surface area contributed by atoms with E-state index in [1.54, 1.807) is 16.6 Å². The predicted octanol–water partition coefficient (Wildman–Crippen LogP) is 3.18. The Balaban J connectivity index is 2.19. The van der Waals surface area contributed by atoms with E-state index in [0.717, 1.165) is 5.56 Å². The van der Waals surface area contributed by atoms with Gasteiger partial charge in [0.15, 0.2) is 11.6 Å². The summed E-state index contributed by atoms with van der Waals surface area (Å²) >= 11 is 5.92. The van der Waals surface area contributed by atoms with E-state index < -0.39 is 0 Å². The molecule has 0 aliphatic heterocycles. The quantitative estimate of drug-likeness (QED) is 0.682. The summed E-state index contributed by atoms with van der Waals surface area (Å²) in [6.45, 7) is 1.51. The molecule has 0 radical (unpaired) electrons. The van der Waals surface area contributed by atoms with Crippen LogP contribution in [0.3, 0.4) is 0 Å². The zero-order chi connectivity index (χ0) is 17.3. The topological polar surface area (TPSA) is 63.4 Å². The Hall–Kier alpha value is -2.73. The highest BCUT2D eigenvalue weighted by Crippen LogP contribution is 2.20. The van der Waals surface area contributed by atoms with Gasteiger partial charge in [-0.15, -0.1) is 5.10 Å². The molecule has 0 spiro atoms. The van der Waals surface area contributed by atoms with Crippen LogP contribution in [0.5, 0.6) is 0 Å². The summed E-state index contributed by atoms with van der Waals surface area (Å²) < 4.78 is 1.58. The molecule has 122 valence electrons. The molecule has 0 atom stereocenters. The average molecular weight is 342 g/mol. The molecular weight excluding hydrogens is 326 g/mol. The molecule has 0 aliphatic carbocycles. The van der Waals surface area contributed by atoms with E-state index in [9.17, 15) is 4.79 Å². The first-order chi connectivity index (χ1) is 11.5. The first-order valence-electron chi connectivity index (χ1n) is 7.33. The summed E-state index contributed by atoms with van der Waals surface area (Å²) in [7, 11) is 3.81. The van der Waals surface area contributed by atoms with Crippen molar-refractivity contribution in [1.82, 2.24) is 24.5 Å². The third-order valence-electron chi connectivity index (χ3n) is 3.42. The number of nitrogens with zero attached hydrogens (tertiary/aromatic N) is 5. The van der Waals surface area contributed by atoms with Crippen LogP contribution in [0.15, 0.2) is 36.7 Å². The van der Waals surface area contributed by atoms with Crippen molar-refractivity contribution >= 4 is 29.2 Å². The van der Waals surface area contributed by atoms with E-state index in [1.165, 1.54) is 13.1 Å². The number of hydrogen-bond acceptors (Lipinski definition) is 5. The Kier molecular flexibility index (Phi) is 4.31. The van der Waals surface area contributed by atoms with Crippen LogP contribution >= 0.6 is 11.6 Å². The van der Waals surface area contributed by atoms with Gasteiger partial charge in [-0.25, -0.2) is 4.98 Å². The normalized spacial score (nSPS) is 11.3. The molecular formula is C17H16ClN5O. The fraction of sp³-hybridized carbons (Fsp3) is 0.176. The van der Waals surface area contributed by atoms with Crippen molar-refractivity contribution in [2.45, 2.75) is 6.92 Å². The molecule has 7 heteroatoms. The highest BCUT2D eigenvalue weighted by molar-refractivity contribution is 6.30. The van der Waals surface area contributed by atoms with Crippen LogP contribution in [-0.2, 0) is 0 Å². The summed E-state index contributed by atoms with van der Waals surface area (Å²) in [6, 6.07) is 7.25. The Morgan fingerprint density at radius 2 is 1.96 bits per heavy atom. The van der Waals surface area contributed by atoms with Gasteiger partial charge >= 0.3 is 0 Å². The van der Waals surface area contributed by atoms with Crippen LogP contribution in [0.25, 0.3) is 23.2 Å². The minimum absolute atomic E-state index is 0.0775. The maximum absolute atomic E-state index is 11.9. The standard InChI is InChI=1S/C17H16ClN5O/c1-11(24)14-10-19-17-20-16(12-4-6-13(18)7-5-12)21-23(17)15(14)8-9-22(2)3/h4-10H,1-3H3. The van der Waals surface area contributed by atoms with Gasteiger partial charge in [0.1, 0.15) is 0 Å². The molecule has 3 rings (SSSR count). The average Bonchev–Trinajstić information content (AvgIpc) is 2.97. The van der Waals surface area contributed by atoms with E-state index >= 15 is 0 Å². The van der Waals surface area contributed by atoms with Crippen molar-refractivity contribution in [3.8, 4) is 11.4 Å². The predicted molar refractivity (Wildman–Crippen MR) is 94.0 cm³/mol. The van der Waals surface area contributed by atoms with Gasteiger partial charge in [0, 0.05) is 37.1 Å². The van der Waals surface area contributed by atoms with Crippen molar-refractivity contribution in [1.29, 1.82) is 0 Å². The Morgan fingerprint density at radius 3 is 2.58 bits per heavy atom. The van der Waals surface area contributed by atoms with Gasteiger partial charge in [-0.2, -0.15) is 9.50 Å². The van der Waals surface area contributed by atoms with Gasteiger partial charge in [-0.3, -0.25) is 4.79 Å². The second-order valence-corrected chi connectivity index (χ2v) is 5.98. The summed E-state index contributed by atoms with van der Waals surface area (Å²) in [5.41, 5.74) is 1.97. The number of carbonyl (C=O) groups excluding carboxylic acids is 1. The monoisotopic (exact) mass is 341 g/mol. The molecule has 1 aromatic carbocycles. The third kappa shape index (κ3) is 3.14. The summed E-state index contributed by atoms with van der Waals surface area (Å²) in [6.07, 6.45) is 5.21. The second kappa shape index (κ2) is 6.41. The minimum atomic E-state index is -0.0775. The van der Waals surface area contributed by atoms with Crippen LogP contribution in [0.2, 0.25) is 5.02 Å². The number of aromatic nitrogens is 4. The zero-order valence-corrected chi connectivity index (χ0v) is 14.3. The lowest BCUT2D eigenvalue weighted by atomic mass is 10.1. The molecule has 0 N–H and O–H groups in total. The van der Waals surface area contributed by atoms with Gasteiger partial charge in [0.05, 0.1) is 11.3 Å². The minimum Gasteiger partial charge on any atom is -0.383 e. The molecule has 0 fully saturated rings. The van der Waals surface area contributed by atoms with Crippen LogP contribution in [0, 0.1) is 0 Å². The largest absolute Gasteiger partial charge is 0.383 e. The Morgan fingerprint density at radius 1 is 1.25 bits per heavy atom. The number of ketones is 1. The lowest BCUT2D eigenvalue weighted by Gasteiger charge is -2.07. The fourth-order valence-corrected chi connectivity index (χ4v) is 2.35. The highest BCUT2D eigenvalue weighted by atomic mass is 35.5. The number of rotatable bonds is 4. The number of benzene rings is 1. The van der Waals surface area contributed by atoms with Crippen molar-refractivity contribution in [2.24, 2.45) is 0 Å².